The monoisotopic (exact) mass is 230 g/mol. The maximum Gasteiger partial charge on any atom is 0.191 e. The Morgan fingerprint density at radius 2 is 2.06 bits per heavy atom. The van der Waals surface area contributed by atoms with E-state index >= 15 is 0 Å². The Morgan fingerprint density at radius 3 is 2.94 bits per heavy atom. The number of hydrogen-bond donors (Lipinski definition) is 1. The largest absolute Gasteiger partial charge is 0.361 e. The molecule has 0 bridgehead atoms. The van der Waals surface area contributed by atoms with E-state index in [9.17, 15) is 4.79 Å². The van der Waals surface area contributed by atoms with Crippen LogP contribution in [0.1, 0.15) is 0 Å². The zero-order chi connectivity index (χ0) is 11.1. The van der Waals surface area contributed by atoms with Crippen molar-refractivity contribution in [3.05, 3.63) is 51.9 Å². The van der Waals surface area contributed by atoms with Gasteiger partial charge in [0.25, 0.3) is 0 Å². The first-order valence-electron chi connectivity index (χ1n) is 4.82. The first-order valence-corrected chi connectivity index (χ1v) is 5.20. The zero-order valence-corrected chi connectivity index (χ0v) is 8.95. The van der Waals surface area contributed by atoms with Gasteiger partial charge >= 0.3 is 0 Å². The van der Waals surface area contributed by atoms with E-state index in [1.54, 1.807) is 18.5 Å². The number of nitrogens with zero attached hydrogens (tertiary/aromatic N) is 1. The van der Waals surface area contributed by atoms with E-state index in [0.717, 1.165) is 10.9 Å². The molecule has 2 heterocycles. The average Bonchev–Trinajstić information content (AvgIpc) is 2.29. The van der Waals surface area contributed by atoms with Gasteiger partial charge in [0.05, 0.1) is 21.4 Å². The maximum absolute atomic E-state index is 11.8. The van der Waals surface area contributed by atoms with Crippen LogP contribution in [0.4, 0.5) is 0 Å². The molecule has 3 aromatic rings. The topological polar surface area (TPSA) is 45.8 Å². The Balaban J connectivity index is 2.69. The van der Waals surface area contributed by atoms with Gasteiger partial charge in [-0.15, -0.1) is 0 Å². The van der Waals surface area contributed by atoms with Crippen molar-refractivity contribution in [2.75, 3.05) is 0 Å². The second-order valence-electron chi connectivity index (χ2n) is 3.52. The van der Waals surface area contributed by atoms with Crippen molar-refractivity contribution in [2.45, 2.75) is 0 Å². The molecule has 1 N–H and O–H groups in total. The molecule has 0 fully saturated rings. The minimum absolute atomic E-state index is 0.0471. The molecule has 0 aliphatic rings. The second kappa shape index (κ2) is 3.32. The normalized spacial score (nSPS) is 11.1. The number of rotatable bonds is 0. The van der Waals surface area contributed by atoms with Gasteiger partial charge in [0, 0.05) is 23.8 Å². The summed E-state index contributed by atoms with van der Waals surface area (Å²) in [5.74, 6) is 0. The van der Waals surface area contributed by atoms with Crippen LogP contribution < -0.4 is 5.43 Å². The van der Waals surface area contributed by atoms with Crippen LogP contribution in [-0.4, -0.2) is 9.97 Å². The third kappa shape index (κ3) is 1.22. The van der Waals surface area contributed by atoms with Crippen LogP contribution in [0, 0.1) is 0 Å². The highest BCUT2D eigenvalue weighted by Crippen LogP contribution is 2.25. The lowest BCUT2D eigenvalue weighted by molar-refractivity contribution is 1.37. The first kappa shape index (κ1) is 9.36. The van der Waals surface area contributed by atoms with Crippen LogP contribution in [0.5, 0.6) is 0 Å². The molecule has 16 heavy (non-hydrogen) atoms. The van der Waals surface area contributed by atoms with Crippen LogP contribution in [0.15, 0.2) is 41.5 Å². The first-order chi connectivity index (χ1) is 7.77. The van der Waals surface area contributed by atoms with Gasteiger partial charge in [0.15, 0.2) is 5.43 Å². The van der Waals surface area contributed by atoms with Crippen molar-refractivity contribution in [2.24, 2.45) is 0 Å². The van der Waals surface area contributed by atoms with Gasteiger partial charge in [-0.05, 0) is 18.2 Å². The highest BCUT2D eigenvalue weighted by molar-refractivity contribution is 6.36. The molecule has 0 atom stereocenters. The van der Waals surface area contributed by atoms with Gasteiger partial charge in [-0.1, -0.05) is 11.6 Å². The van der Waals surface area contributed by atoms with Crippen molar-refractivity contribution in [3.8, 4) is 0 Å². The number of nitrogens with one attached hydrogen (secondary N) is 1. The minimum atomic E-state index is -0.0471. The fraction of sp³-hybridized carbons (Fsp3) is 0. The second-order valence-corrected chi connectivity index (χ2v) is 3.93. The third-order valence-electron chi connectivity index (χ3n) is 2.58. The van der Waals surface area contributed by atoms with E-state index < -0.39 is 0 Å². The number of aromatic nitrogens is 2. The van der Waals surface area contributed by atoms with Gasteiger partial charge in [0.2, 0.25) is 0 Å². The number of aromatic amines is 1. The van der Waals surface area contributed by atoms with Crippen molar-refractivity contribution >= 4 is 33.4 Å². The molecule has 1 aromatic carbocycles. The van der Waals surface area contributed by atoms with Crippen molar-refractivity contribution in [1.29, 1.82) is 0 Å². The van der Waals surface area contributed by atoms with E-state index in [0.29, 0.717) is 15.9 Å². The molecule has 4 heteroatoms. The Hall–Kier alpha value is -1.87. The Kier molecular flexibility index (Phi) is 1.94. The van der Waals surface area contributed by atoms with E-state index in [1.807, 2.05) is 12.1 Å². The van der Waals surface area contributed by atoms with Gasteiger partial charge in [0.1, 0.15) is 0 Å². The van der Waals surface area contributed by atoms with Gasteiger partial charge in [-0.2, -0.15) is 0 Å². The summed E-state index contributed by atoms with van der Waals surface area (Å²) in [5.41, 5.74) is 1.37. The summed E-state index contributed by atoms with van der Waals surface area (Å²) in [4.78, 5) is 19.0. The molecular weight excluding hydrogens is 224 g/mol. The molecule has 0 saturated carbocycles. The smallest absolute Gasteiger partial charge is 0.191 e. The van der Waals surface area contributed by atoms with E-state index in [-0.39, 0.29) is 5.43 Å². The van der Waals surface area contributed by atoms with E-state index in [4.69, 9.17) is 11.6 Å². The Morgan fingerprint density at radius 1 is 1.19 bits per heavy atom. The predicted molar refractivity (Wildman–Crippen MR) is 64.9 cm³/mol. The zero-order valence-electron chi connectivity index (χ0n) is 8.20. The van der Waals surface area contributed by atoms with Crippen LogP contribution >= 0.6 is 11.6 Å². The molecular formula is C12H7ClN2O. The number of H-pyrrole nitrogens is 1. The van der Waals surface area contributed by atoms with Crippen molar-refractivity contribution in [3.63, 3.8) is 0 Å². The summed E-state index contributed by atoms with van der Waals surface area (Å²) in [6.45, 7) is 0. The summed E-state index contributed by atoms with van der Waals surface area (Å²) < 4.78 is 0. The molecule has 0 radical (unpaired) electrons. The third-order valence-corrected chi connectivity index (χ3v) is 2.91. The van der Waals surface area contributed by atoms with Crippen molar-refractivity contribution in [1.82, 2.24) is 9.97 Å². The van der Waals surface area contributed by atoms with Crippen LogP contribution in [0.3, 0.4) is 0 Å². The van der Waals surface area contributed by atoms with Crippen LogP contribution in [0.25, 0.3) is 21.8 Å². The Bertz CT molecular complexity index is 749. The maximum atomic E-state index is 11.8. The quantitative estimate of drug-likeness (QED) is 0.604. The number of halogens is 1. The summed E-state index contributed by atoms with van der Waals surface area (Å²) in [6.07, 6.45) is 3.23. The number of pyridine rings is 2. The molecule has 2 aromatic heterocycles. The molecule has 3 nitrogen and oxygen atoms in total. The molecule has 0 unspecified atom stereocenters. The highest BCUT2D eigenvalue weighted by Gasteiger charge is 2.06. The lowest BCUT2D eigenvalue weighted by Gasteiger charge is -2.03. The number of hydrogen-bond acceptors (Lipinski definition) is 2. The summed E-state index contributed by atoms with van der Waals surface area (Å²) >= 11 is 6.06. The van der Waals surface area contributed by atoms with Gasteiger partial charge < -0.3 is 4.98 Å². The summed E-state index contributed by atoms with van der Waals surface area (Å²) in [6, 6.07) is 6.91. The Labute approximate surface area is 95.7 Å². The molecule has 0 aliphatic carbocycles. The fourth-order valence-corrected chi connectivity index (χ4v) is 2.05. The number of fused-ring (bicyclic) bond motifs is 3. The minimum Gasteiger partial charge on any atom is -0.361 e. The van der Waals surface area contributed by atoms with Crippen LogP contribution in [-0.2, 0) is 0 Å². The number of benzene rings is 1. The van der Waals surface area contributed by atoms with Crippen LogP contribution in [0.2, 0.25) is 5.02 Å². The highest BCUT2D eigenvalue weighted by atomic mass is 35.5. The predicted octanol–water partition coefficient (Wildman–Crippen LogP) is 2.73. The standard InChI is InChI=1S/C12H7ClN2O/c13-8-3-5-15-12-7(8)1-2-9-11(12)10(16)4-6-14-9/h1-6H,(H,14,16). The van der Waals surface area contributed by atoms with E-state index in [2.05, 4.69) is 9.97 Å². The summed E-state index contributed by atoms with van der Waals surface area (Å²) in [5, 5.41) is 1.99. The summed E-state index contributed by atoms with van der Waals surface area (Å²) in [7, 11) is 0. The lowest BCUT2D eigenvalue weighted by Crippen LogP contribution is -2.01. The molecule has 0 aliphatic heterocycles. The fourth-order valence-electron chi connectivity index (χ4n) is 1.85. The molecule has 3 rings (SSSR count). The molecule has 0 spiro atoms. The van der Waals surface area contributed by atoms with Gasteiger partial charge in [-0.25, -0.2) is 0 Å². The molecule has 78 valence electrons. The van der Waals surface area contributed by atoms with Crippen molar-refractivity contribution < 1.29 is 0 Å². The van der Waals surface area contributed by atoms with Gasteiger partial charge in [-0.3, -0.25) is 9.78 Å². The van der Waals surface area contributed by atoms with E-state index in [1.165, 1.54) is 6.07 Å². The lowest BCUT2D eigenvalue weighted by atomic mass is 10.1. The SMILES string of the molecule is O=c1cc[nH]c2ccc3c(Cl)ccnc3c12. The molecule has 0 saturated heterocycles. The molecule has 0 amide bonds. The average molecular weight is 231 g/mol.